The van der Waals surface area contributed by atoms with E-state index >= 15 is 0 Å². The monoisotopic (exact) mass is 330 g/mol. The zero-order valence-electron chi connectivity index (χ0n) is 11.2. The van der Waals surface area contributed by atoms with Crippen LogP contribution in [0.1, 0.15) is 11.4 Å². The van der Waals surface area contributed by atoms with Crippen LogP contribution in [-0.2, 0) is 12.8 Å². The van der Waals surface area contributed by atoms with E-state index in [1.807, 2.05) is 24.4 Å². The number of fused-ring (bicyclic) bond motifs is 1. The molecule has 0 amide bonds. The Hall–Kier alpha value is -1.81. The number of hydrogen-bond donors (Lipinski definition) is 0. The van der Waals surface area contributed by atoms with Gasteiger partial charge in [-0.15, -0.1) is 0 Å². The number of imidazole rings is 1. The Bertz CT molecular complexity index is 736. The number of rotatable bonds is 4. The van der Waals surface area contributed by atoms with Gasteiger partial charge in [0.15, 0.2) is 0 Å². The van der Waals surface area contributed by atoms with Crippen molar-refractivity contribution in [3.63, 3.8) is 0 Å². The van der Waals surface area contributed by atoms with E-state index in [4.69, 9.17) is 4.74 Å². The van der Waals surface area contributed by atoms with Gasteiger partial charge in [0.2, 0.25) is 0 Å². The van der Waals surface area contributed by atoms with Gasteiger partial charge in [0, 0.05) is 17.1 Å². The number of methoxy groups -OCH3 is 1. The van der Waals surface area contributed by atoms with Crippen LogP contribution in [0.3, 0.4) is 0 Å². The van der Waals surface area contributed by atoms with Crippen molar-refractivity contribution in [2.45, 2.75) is 12.8 Å². The molecule has 1 aromatic carbocycles. The molecule has 0 radical (unpaired) electrons. The van der Waals surface area contributed by atoms with Crippen LogP contribution in [0.25, 0.3) is 5.52 Å². The number of hydrogen-bond acceptors (Lipinski definition) is 2. The molecular formula is C16H15BrN2O. The summed E-state index contributed by atoms with van der Waals surface area (Å²) in [5.74, 6) is 1.97. The van der Waals surface area contributed by atoms with Crippen molar-refractivity contribution in [3.05, 3.63) is 64.7 Å². The highest BCUT2D eigenvalue weighted by molar-refractivity contribution is 9.10. The standard InChI is InChI=1S/C16H15BrN2O/c1-20-15-4-2-3-12(9-15)5-8-16-18-10-14-7-6-13(17)11-19(14)16/h2-4,6-7,9-11H,5,8H2,1H3. The predicted molar refractivity (Wildman–Crippen MR) is 83.3 cm³/mol. The summed E-state index contributed by atoms with van der Waals surface area (Å²) in [6.45, 7) is 0. The molecule has 0 saturated carbocycles. The van der Waals surface area contributed by atoms with Crippen LogP contribution in [0.4, 0.5) is 0 Å². The van der Waals surface area contributed by atoms with Gasteiger partial charge >= 0.3 is 0 Å². The first-order chi connectivity index (χ1) is 9.76. The summed E-state index contributed by atoms with van der Waals surface area (Å²) in [5.41, 5.74) is 2.38. The molecule has 2 heterocycles. The van der Waals surface area contributed by atoms with E-state index < -0.39 is 0 Å². The molecule has 3 rings (SSSR count). The first-order valence-electron chi connectivity index (χ1n) is 6.51. The summed E-state index contributed by atoms with van der Waals surface area (Å²) >= 11 is 3.50. The van der Waals surface area contributed by atoms with Crippen LogP contribution < -0.4 is 4.74 Å². The van der Waals surface area contributed by atoms with Crippen LogP contribution >= 0.6 is 15.9 Å². The van der Waals surface area contributed by atoms with E-state index in [1.54, 1.807) is 7.11 Å². The lowest BCUT2D eigenvalue weighted by Gasteiger charge is -2.05. The number of ether oxygens (including phenoxy) is 1. The molecule has 0 aliphatic carbocycles. The third kappa shape index (κ3) is 2.70. The van der Waals surface area contributed by atoms with Gasteiger partial charge in [0.05, 0.1) is 18.8 Å². The van der Waals surface area contributed by atoms with Crippen LogP contribution in [-0.4, -0.2) is 16.5 Å². The number of halogens is 1. The van der Waals surface area contributed by atoms with Gasteiger partial charge in [-0.05, 0) is 52.2 Å². The Morgan fingerprint density at radius 1 is 1.20 bits per heavy atom. The highest BCUT2D eigenvalue weighted by Crippen LogP contribution is 2.17. The molecule has 3 aromatic rings. The SMILES string of the molecule is COc1cccc(CCc2ncc3ccc(Br)cn23)c1. The van der Waals surface area contributed by atoms with Crippen molar-refractivity contribution in [3.8, 4) is 5.75 Å². The topological polar surface area (TPSA) is 26.5 Å². The summed E-state index contributed by atoms with van der Waals surface area (Å²) in [4.78, 5) is 4.50. The number of pyridine rings is 1. The molecule has 20 heavy (non-hydrogen) atoms. The minimum absolute atomic E-state index is 0.901. The van der Waals surface area contributed by atoms with Crippen molar-refractivity contribution >= 4 is 21.4 Å². The van der Waals surface area contributed by atoms with E-state index in [2.05, 4.69) is 49.7 Å². The number of aromatic nitrogens is 2. The maximum atomic E-state index is 5.25. The molecule has 0 bridgehead atoms. The van der Waals surface area contributed by atoms with Crippen molar-refractivity contribution in [2.75, 3.05) is 7.11 Å². The first kappa shape index (κ1) is 13.2. The molecule has 2 aromatic heterocycles. The zero-order valence-corrected chi connectivity index (χ0v) is 12.8. The summed E-state index contributed by atoms with van der Waals surface area (Å²) in [6, 6.07) is 12.3. The van der Waals surface area contributed by atoms with E-state index in [9.17, 15) is 0 Å². The Morgan fingerprint density at radius 2 is 2.10 bits per heavy atom. The Kier molecular flexibility index (Phi) is 3.74. The van der Waals surface area contributed by atoms with Gasteiger partial charge < -0.3 is 9.14 Å². The third-order valence-electron chi connectivity index (χ3n) is 3.34. The van der Waals surface area contributed by atoms with Crippen molar-refractivity contribution < 1.29 is 4.74 Å². The van der Waals surface area contributed by atoms with Gasteiger partial charge in [-0.1, -0.05) is 12.1 Å². The van der Waals surface area contributed by atoms with Crippen molar-refractivity contribution in [1.29, 1.82) is 0 Å². The quantitative estimate of drug-likeness (QED) is 0.725. The molecule has 0 unspecified atom stereocenters. The van der Waals surface area contributed by atoms with Gasteiger partial charge in [0.25, 0.3) is 0 Å². The Morgan fingerprint density at radius 3 is 2.95 bits per heavy atom. The van der Waals surface area contributed by atoms with Gasteiger partial charge in [-0.25, -0.2) is 4.98 Å². The minimum Gasteiger partial charge on any atom is -0.497 e. The smallest absolute Gasteiger partial charge is 0.119 e. The molecule has 0 aliphatic rings. The maximum absolute atomic E-state index is 5.25. The lowest BCUT2D eigenvalue weighted by Crippen LogP contribution is -1.98. The van der Waals surface area contributed by atoms with Crippen molar-refractivity contribution in [2.24, 2.45) is 0 Å². The predicted octanol–water partition coefficient (Wildman–Crippen LogP) is 3.89. The summed E-state index contributed by atoms with van der Waals surface area (Å²) < 4.78 is 8.44. The molecule has 4 heteroatoms. The molecule has 0 fully saturated rings. The zero-order chi connectivity index (χ0) is 13.9. The van der Waals surface area contributed by atoms with E-state index in [0.29, 0.717) is 0 Å². The fraction of sp³-hybridized carbons (Fsp3) is 0.188. The number of nitrogens with zero attached hydrogens (tertiary/aromatic N) is 2. The minimum atomic E-state index is 0.901. The average Bonchev–Trinajstić information content (AvgIpc) is 2.87. The van der Waals surface area contributed by atoms with Crippen molar-refractivity contribution in [1.82, 2.24) is 9.38 Å². The molecule has 0 N–H and O–H groups in total. The molecular weight excluding hydrogens is 316 g/mol. The van der Waals surface area contributed by atoms with Crippen LogP contribution in [0.5, 0.6) is 5.75 Å². The van der Waals surface area contributed by atoms with E-state index in [0.717, 1.165) is 34.4 Å². The molecule has 0 saturated heterocycles. The molecule has 102 valence electrons. The molecule has 3 nitrogen and oxygen atoms in total. The van der Waals surface area contributed by atoms with Crippen LogP contribution in [0.2, 0.25) is 0 Å². The highest BCUT2D eigenvalue weighted by Gasteiger charge is 2.05. The fourth-order valence-corrected chi connectivity index (χ4v) is 2.62. The third-order valence-corrected chi connectivity index (χ3v) is 3.81. The second kappa shape index (κ2) is 5.67. The largest absolute Gasteiger partial charge is 0.497 e. The molecule has 0 atom stereocenters. The number of benzene rings is 1. The highest BCUT2D eigenvalue weighted by atomic mass is 79.9. The summed E-state index contributed by atoms with van der Waals surface area (Å²) in [7, 11) is 1.69. The lowest BCUT2D eigenvalue weighted by molar-refractivity contribution is 0.414. The second-order valence-electron chi connectivity index (χ2n) is 4.67. The van der Waals surface area contributed by atoms with Crippen LogP contribution in [0, 0.1) is 0 Å². The normalized spacial score (nSPS) is 10.9. The first-order valence-corrected chi connectivity index (χ1v) is 7.30. The van der Waals surface area contributed by atoms with Gasteiger partial charge in [0.1, 0.15) is 11.6 Å². The molecule has 0 aliphatic heterocycles. The Balaban J connectivity index is 1.81. The fourth-order valence-electron chi connectivity index (χ4n) is 2.29. The van der Waals surface area contributed by atoms with Gasteiger partial charge in [-0.3, -0.25) is 0 Å². The summed E-state index contributed by atoms with van der Waals surface area (Å²) in [6.07, 6.45) is 5.82. The second-order valence-corrected chi connectivity index (χ2v) is 5.58. The summed E-state index contributed by atoms with van der Waals surface area (Å²) in [5, 5.41) is 0. The number of aryl methyl sites for hydroxylation is 2. The lowest BCUT2D eigenvalue weighted by atomic mass is 10.1. The molecule has 0 spiro atoms. The van der Waals surface area contributed by atoms with E-state index in [1.165, 1.54) is 5.56 Å². The maximum Gasteiger partial charge on any atom is 0.119 e. The van der Waals surface area contributed by atoms with E-state index in [-0.39, 0.29) is 0 Å². The van der Waals surface area contributed by atoms with Crippen LogP contribution in [0.15, 0.2) is 53.3 Å². The Labute approximate surface area is 126 Å². The average molecular weight is 331 g/mol. The van der Waals surface area contributed by atoms with Gasteiger partial charge in [-0.2, -0.15) is 0 Å².